The molecule has 0 aromatic heterocycles. The third-order valence-electron chi connectivity index (χ3n) is 6.63. The van der Waals surface area contributed by atoms with E-state index >= 15 is 0 Å². The van der Waals surface area contributed by atoms with E-state index in [2.05, 4.69) is 19.6 Å². The summed E-state index contributed by atoms with van der Waals surface area (Å²) in [6.45, 7) is 9.27. The van der Waals surface area contributed by atoms with Gasteiger partial charge in [0.25, 0.3) is 0 Å². The largest absolute Gasteiger partial charge is 0.494 e. The molecule has 0 saturated carbocycles. The predicted octanol–water partition coefficient (Wildman–Crippen LogP) is 9.33. The number of rotatable bonds is 21. The van der Waals surface area contributed by atoms with Gasteiger partial charge in [0.1, 0.15) is 11.5 Å². The highest BCUT2D eigenvalue weighted by atomic mass is 16.5. The van der Waals surface area contributed by atoms with E-state index in [0.29, 0.717) is 24.4 Å². The van der Waals surface area contributed by atoms with Gasteiger partial charge in [0.2, 0.25) is 0 Å². The molecule has 40 heavy (non-hydrogen) atoms. The van der Waals surface area contributed by atoms with Crippen molar-refractivity contribution in [1.29, 1.82) is 5.26 Å². The molecule has 0 heterocycles. The predicted molar refractivity (Wildman–Crippen MR) is 164 cm³/mol. The molecular formula is C35H47NO4. The molecule has 2 aromatic rings. The highest BCUT2D eigenvalue weighted by Crippen LogP contribution is 2.22. The molecule has 0 aliphatic carbocycles. The first kappa shape index (κ1) is 32.7. The normalized spacial score (nSPS) is 11.1. The van der Waals surface area contributed by atoms with Crippen molar-refractivity contribution >= 4 is 17.6 Å². The Labute approximate surface area is 241 Å². The fourth-order valence-electron chi connectivity index (χ4n) is 4.20. The molecule has 216 valence electrons. The summed E-state index contributed by atoms with van der Waals surface area (Å²) in [6, 6.07) is 17.9. The van der Waals surface area contributed by atoms with E-state index < -0.39 is 0 Å². The van der Waals surface area contributed by atoms with Gasteiger partial charge in [0.05, 0.1) is 31.5 Å². The van der Waals surface area contributed by atoms with Gasteiger partial charge in [-0.25, -0.2) is 4.79 Å². The van der Waals surface area contributed by atoms with Crippen LogP contribution in [0.1, 0.15) is 102 Å². The Hall–Kier alpha value is -3.52. The molecule has 0 bridgehead atoms. The SMILES string of the molecule is C=C(C)C(=O)OCCCCCCOc1ccc(/C(C#N)=C/c2ccc(OCCCCCCCCCC)cc2)cc1. The molecule has 0 amide bonds. The molecule has 2 aromatic carbocycles. The van der Waals surface area contributed by atoms with Crippen molar-refractivity contribution < 1.29 is 19.0 Å². The van der Waals surface area contributed by atoms with Gasteiger partial charge in [0, 0.05) is 5.57 Å². The number of nitrogens with zero attached hydrogens (tertiary/aromatic N) is 1. The van der Waals surface area contributed by atoms with Crippen LogP contribution < -0.4 is 9.47 Å². The summed E-state index contributed by atoms with van der Waals surface area (Å²) in [5.41, 5.74) is 2.85. The summed E-state index contributed by atoms with van der Waals surface area (Å²) in [6.07, 6.45) is 15.9. The Morgan fingerprint density at radius 2 is 1.23 bits per heavy atom. The Morgan fingerprint density at radius 1 is 0.750 bits per heavy atom. The Bertz CT molecular complexity index is 1060. The standard InChI is InChI=1S/C35H47NO4/c1-4-5-6-7-8-9-10-13-24-38-33-20-16-30(17-21-33)27-32(28-36)31-18-22-34(23-19-31)39-25-14-11-12-15-26-40-35(37)29(2)3/h16-23,27H,2,4-15,24-26H2,1,3H3/b32-27+. The molecule has 0 N–H and O–H groups in total. The monoisotopic (exact) mass is 545 g/mol. The average Bonchev–Trinajstić information content (AvgIpc) is 2.97. The van der Waals surface area contributed by atoms with Crippen molar-refractivity contribution in [3.63, 3.8) is 0 Å². The minimum atomic E-state index is -0.326. The summed E-state index contributed by atoms with van der Waals surface area (Å²) in [7, 11) is 0. The van der Waals surface area contributed by atoms with Crippen LogP contribution in [0, 0.1) is 11.3 Å². The molecule has 2 rings (SSSR count). The maximum absolute atomic E-state index is 11.3. The molecule has 0 radical (unpaired) electrons. The van der Waals surface area contributed by atoms with Crippen LogP contribution in [0.5, 0.6) is 11.5 Å². The highest BCUT2D eigenvalue weighted by Gasteiger charge is 2.04. The minimum absolute atomic E-state index is 0.326. The lowest BCUT2D eigenvalue weighted by molar-refractivity contribution is -0.139. The smallest absolute Gasteiger partial charge is 0.333 e. The zero-order chi connectivity index (χ0) is 28.8. The van der Waals surface area contributed by atoms with E-state index in [9.17, 15) is 10.1 Å². The van der Waals surface area contributed by atoms with E-state index in [1.165, 1.54) is 44.9 Å². The number of benzene rings is 2. The van der Waals surface area contributed by atoms with E-state index in [1.807, 2.05) is 54.6 Å². The van der Waals surface area contributed by atoms with Gasteiger partial charge in [-0.2, -0.15) is 5.26 Å². The summed E-state index contributed by atoms with van der Waals surface area (Å²) in [5, 5.41) is 9.73. The van der Waals surface area contributed by atoms with Crippen molar-refractivity contribution in [1.82, 2.24) is 0 Å². The van der Waals surface area contributed by atoms with Gasteiger partial charge >= 0.3 is 5.97 Å². The van der Waals surface area contributed by atoms with Gasteiger partial charge in [-0.05, 0) is 92.6 Å². The first-order valence-electron chi connectivity index (χ1n) is 14.9. The molecule has 0 unspecified atom stereocenters. The van der Waals surface area contributed by atoms with Crippen molar-refractivity contribution in [2.24, 2.45) is 0 Å². The second kappa shape index (κ2) is 20.4. The van der Waals surface area contributed by atoms with Gasteiger partial charge in [-0.3, -0.25) is 0 Å². The molecule has 0 fully saturated rings. The Balaban J connectivity index is 1.67. The number of allylic oxidation sites excluding steroid dienone is 1. The molecule has 0 atom stereocenters. The molecular weight excluding hydrogens is 498 g/mol. The first-order chi connectivity index (χ1) is 19.5. The Kier molecular flexibility index (Phi) is 16.7. The lowest BCUT2D eigenvalue weighted by Crippen LogP contribution is -2.06. The van der Waals surface area contributed by atoms with Crippen molar-refractivity contribution in [2.75, 3.05) is 19.8 Å². The van der Waals surface area contributed by atoms with E-state index in [-0.39, 0.29) is 5.97 Å². The van der Waals surface area contributed by atoms with Crippen molar-refractivity contribution in [3.8, 4) is 17.6 Å². The molecule has 0 saturated heterocycles. The van der Waals surface area contributed by atoms with Crippen LogP contribution in [-0.2, 0) is 9.53 Å². The third-order valence-corrected chi connectivity index (χ3v) is 6.63. The lowest BCUT2D eigenvalue weighted by Gasteiger charge is -2.08. The fourth-order valence-corrected chi connectivity index (χ4v) is 4.20. The van der Waals surface area contributed by atoms with Gasteiger partial charge in [0.15, 0.2) is 0 Å². The zero-order valence-corrected chi connectivity index (χ0v) is 24.6. The summed E-state index contributed by atoms with van der Waals surface area (Å²) in [4.78, 5) is 11.3. The van der Waals surface area contributed by atoms with Crippen LogP contribution in [-0.4, -0.2) is 25.8 Å². The van der Waals surface area contributed by atoms with Crippen LogP contribution >= 0.6 is 0 Å². The highest BCUT2D eigenvalue weighted by molar-refractivity contribution is 5.89. The number of hydrogen-bond donors (Lipinski definition) is 0. The van der Waals surface area contributed by atoms with Crippen LogP contribution in [0.2, 0.25) is 0 Å². The maximum Gasteiger partial charge on any atom is 0.333 e. The second-order valence-electron chi connectivity index (χ2n) is 10.3. The second-order valence-corrected chi connectivity index (χ2v) is 10.3. The average molecular weight is 546 g/mol. The van der Waals surface area contributed by atoms with Gasteiger partial charge in [-0.15, -0.1) is 0 Å². The number of unbranched alkanes of at least 4 members (excludes halogenated alkanes) is 10. The third kappa shape index (κ3) is 14.0. The molecule has 5 nitrogen and oxygen atoms in total. The number of hydrogen-bond acceptors (Lipinski definition) is 5. The van der Waals surface area contributed by atoms with Crippen LogP contribution in [0.4, 0.5) is 0 Å². The van der Waals surface area contributed by atoms with E-state index in [0.717, 1.165) is 61.3 Å². The van der Waals surface area contributed by atoms with Crippen LogP contribution in [0.3, 0.4) is 0 Å². The summed E-state index contributed by atoms with van der Waals surface area (Å²) >= 11 is 0. The van der Waals surface area contributed by atoms with Gasteiger partial charge in [-0.1, -0.05) is 70.6 Å². The van der Waals surface area contributed by atoms with Crippen LogP contribution in [0.25, 0.3) is 11.6 Å². The zero-order valence-electron chi connectivity index (χ0n) is 24.6. The van der Waals surface area contributed by atoms with Crippen molar-refractivity contribution in [3.05, 3.63) is 71.8 Å². The van der Waals surface area contributed by atoms with Crippen molar-refractivity contribution in [2.45, 2.75) is 90.9 Å². The number of carbonyl (C=O) groups excluding carboxylic acids is 1. The number of nitriles is 1. The lowest BCUT2D eigenvalue weighted by atomic mass is 10.0. The molecule has 5 heteroatoms. The fraction of sp³-hybridized carbons (Fsp3) is 0.486. The number of esters is 1. The Morgan fingerprint density at radius 3 is 1.73 bits per heavy atom. The van der Waals surface area contributed by atoms with Crippen LogP contribution in [0.15, 0.2) is 60.7 Å². The maximum atomic E-state index is 11.3. The summed E-state index contributed by atoms with van der Waals surface area (Å²) < 4.78 is 16.8. The molecule has 0 aliphatic heterocycles. The number of ether oxygens (including phenoxy) is 3. The quantitative estimate of drug-likeness (QED) is 0.0514. The summed E-state index contributed by atoms with van der Waals surface area (Å²) in [5.74, 6) is 1.33. The topological polar surface area (TPSA) is 68.5 Å². The first-order valence-corrected chi connectivity index (χ1v) is 14.9. The minimum Gasteiger partial charge on any atom is -0.494 e. The van der Waals surface area contributed by atoms with Gasteiger partial charge < -0.3 is 14.2 Å². The number of carbonyl (C=O) groups is 1. The van der Waals surface area contributed by atoms with E-state index in [4.69, 9.17) is 14.2 Å². The van der Waals surface area contributed by atoms with E-state index in [1.54, 1.807) is 6.92 Å². The molecule has 0 spiro atoms. The molecule has 0 aliphatic rings.